The predicted molar refractivity (Wildman–Crippen MR) is 76.2 cm³/mol. The molecule has 3 rings (SSSR count). The first-order valence-corrected chi connectivity index (χ1v) is 6.89. The fraction of sp³-hybridized carbons (Fsp3) is 0.267. The number of aromatic amines is 1. The summed E-state index contributed by atoms with van der Waals surface area (Å²) in [5.74, 6) is -2.36. The van der Waals surface area contributed by atoms with Crippen molar-refractivity contribution < 1.29 is 14.3 Å². The molecule has 0 spiro atoms. The lowest BCUT2D eigenvalue weighted by molar-refractivity contribution is 0.0692. The van der Waals surface area contributed by atoms with Crippen molar-refractivity contribution in [1.29, 1.82) is 0 Å². The van der Waals surface area contributed by atoms with Crippen molar-refractivity contribution >= 4 is 5.97 Å². The summed E-state index contributed by atoms with van der Waals surface area (Å²) in [4.78, 5) is 35.3. The first-order valence-electron chi connectivity index (χ1n) is 6.89. The number of hydrogen-bond acceptors (Lipinski definition) is 3. The minimum absolute atomic E-state index is 0.0953. The number of hydrogen-bond donors (Lipinski definition) is 2. The molecular formula is C15H13FN2O4. The Kier molecular flexibility index (Phi) is 3.40. The monoisotopic (exact) mass is 304 g/mol. The molecule has 0 amide bonds. The largest absolute Gasteiger partial charge is 0.478 e. The number of fused-ring (bicyclic) bond motifs is 1. The van der Waals surface area contributed by atoms with Crippen molar-refractivity contribution in [2.24, 2.45) is 0 Å². The highest BCUT2D eigenvalue weighted by Gasteiger charge is 2.19. The molecule has 0 saturated heterocycles. The molecular weight excluding hydrogens is 291 g/mol. The first kappa shape index (κ1) is 14.2. The summed E-state index contributed by atoms with van der Waals surface area (Å²) in [6.45, 7) is 0. The number of carboxylic acid groups (broad SMARTS) is 1. The number of benzene rings is 1. The Bertz CT molecular complexity index is 882. The molecule has 0 fully saturated rings. The third-order valence-electron chi connectivity index (χ3n) is 3.86. The van der Waals surface area contributed by atoms with Crippen LogP contribution in [0.3, 0.4) is 0 Å². The van der Waals surface area contributed by atoms with Gasteiger partial charge < -0.3 is 5.11 Å². The lowest BCUT2D eigenvalue weighted by atomic mass is 9.94. The number of nitrogens with zero attached hydrogens (tertiary/aromatic N) is 1. The fourth-order valence-electron chi connectivity index (χ4n) is 2.75. The molecule has 1 aromatic heterocycles. The molecule has 1 aliphatic carbocycles. The number of rotatable bonds is 2. The molecule has 7 heteroatoms. The zero-order valence-electron chi connectivity index (χ0n) is 11.6. The van der Waals surface area contributed by atoms with Crippen LogP contribution in [0, 0.1) is 5.82 Å². The summed E-state index contributed by atoms with van der Waals surface area (Å²) in [7, 11) is 0. The molecule has 1 heterocycles. The highest BCUT2D eigenvalue weighted by atomic mass is 19.1. The van der Waals surface area contributed by atoms with Crippen molar-refractivity contribution in [3.05, 3.63) is 61.4 Å². The predicted octanol–water partition coefficient (Wildman–Crippen LogP) is 1.24. The van der Waals surface area contributed by atoms with Crippen LogP contribution >= 0.6 is 0 Å². The van der Waals surface area contributed by atoms with Crippen LogP contribution in [-0.4, -0.2) is 20.9 Å². The number of H-pyrrole nitrogens is 1. The van der Waals surface area contributed by atoms with E-state index in [0.29, 0.717) is 24.0 Å². The normalized spacial score (nSPS) is 13.7. The first-order chi connectivity index (χ1) is 10.5. The molecule has 0 unspecified atom stereocenters. The molecule has 6 nitrogen and oxygen atoms in total. The number of carbonyl (C=O) groups is 1. The maximum absolute atomic E-state index is 13.8. The second-order valence-electron chi connectivity index (χ2n) is 5.22. The van der Waals surface area contributed by atoms with Crippen LogP contribution in [0.5, 0.6) is 0 Å². The molecule has 2 aromatic rings. The van der Waals surface area contributed by atoms with E-state index in [1.807, 2.05) is 0 Å². The van der Waals surface area contributed by atoms with Gasteiger partial charge in [0.2, 0.25) is 0 Å². The summed E-state index contributed by atoms with van der Waals surface area (Å²) in [5.41, 5.74) is -0.197. The molecule has 0 aliphatic heterocycles. The van der Waals surface area contributed by atoms with Gasteiger partial charge in [0.15, 0.2) is 0 Å². The van der Waals surface area contributed by atoms with Crippen molar-refractivity contribution in [2.75, 3.05) is 0 Å². The standard InChI is InChI=1S/C15H13FN2O4/c16-12-7-8(5-6-11(12)15(21)22)18-14(20)10-4-2-1-3-9(10)13(19)17-18/h5-7H,1-4H2,(H,17,19)(H,21,22). The van der Waals surface area contributed by atoms with Crippen molar-refractivity contribution in [3.63, 3.8) is 0 Å². The van der Waals surface area contributed by atoms with Gasteiger partial charge in [0.25, 0.3) is 11.1 Å². The van der Waals surface area contributed by atoms with E-state index >= 15 is 0 Å². The van der Waals surface area contributed by atoms with Gasteiger partial charge in [-0.3, -0.25) is 14.7 Å². The summed E-state index contributed by atoms with van der Waals surface area (Å²) in [5, 5.41) is 11.2. The molecule has 1 aliphatic rings. The van der Waals surface area contributed by atoms with Gasteiger partial charge in [-0.1, -0.05) is 0 Å². The fourth-order valence-corrected chi connectivity index (χ4v) is 2.75. The van der Waals surface area contributed by atoms with Crippen molar-refractivity contribution in [1.82, 2.24) is 9.78 Å². The average Bonchev–Trinajstić information content (AvgIpc) is 2.50. The smallest absolute Gasteiger partial charge is 0.338 e. The number of nitrogens with one attached hydrogen (secondary N) is 1. The SMILES string of the molecule is O=C(O)c1ccc(-n2[nH]c(=O)c3c(c2=O)CCCC3)cc1F. The quantitative estimate of drug-likeness (QED) is 0.873. The van der Waals surface area contributed by atoms with E-state index in [1.54, 1.807) is 0 Å². The number of aromatic carboxylic acids is 1. The Balaban J connectivity index is 2.19. The van der Waals surface area contributed by atoms with Gasteiger partial charge in [-0.2, -0.15) is 0 Å². The third-order valence-corrected chi connectivity index (χ3v) is 3.86. The second kappa shape index (κ2) is 5.25. The lowest BCUT2D eigenvalue weighted by Crippen LogP contribution is -2.36. The number of carboxylic acids is 1. The Morgan fingerprint density at radius 3 is 2.50 bits per heavy atom. The van der Waals surface area contributed by atoms with E-state index in [2.05, 4.69) is 5.10 Å². The zero-order valence-corrected chi connectivity index (χ0v) is 11.6. The minimum atomic E-state index is -1.39. The zero-order chi connectivity index (χ0) is 15.9. The van der Waals surface area contributed by atoms with Crippen LogP contribution in [0.2, 0.25) is 0 Å². The van der Waals surface area contributed by atoms with Crippen molar-refractivity contribution in [2.45, 2.75) is 25.7 Å². The Morgan fingerprint density at radius 2 is 1.86 bits per heavy atom. The van der Waals surface area contributed by atoms with E-state index in [-0.39, 0.29) is 11.2 Å². The second-order valence-corrected chi connectivity index (χ2v) is 5.22. The van der Waals surface area contributed by atoms with E-state index in [4.69, 9.17) is 5.11 Å². The Morgan fingerprint density at radius 1 is 1.18 bits per heavy atom. The maximum Gasteiger partial charge on any atom is 0.338 e. The highest BCUT2D eigenvalue weighted by Crippen LogP contribution is 2.16. The molecule has 0 bridgehead atoms. The molecule has 114 valence electrons. The topological polar surface area (TPSA) is 92.2 Å². The van der Waals surface area contributed by atoms with E-state index < -0.39 is 22.9 Å². The van der Waals surface area contributed by atoms with Gasteiger partial charge in [0.1, 0.15) is 5.82 Å². The van der Waals surface area contributed by atoms with Gasteiger partial charge in [0, 0.05) is 17.2 Å². The molecule has 0 atom stereocenters. The molecule has 1 aromatic carbocycles. The number of halogens is 1. The number of aromatic nitrogens is 2. The van der Waals surface area contributed by atoms with Crippen LogP contribution in [-0.2, 0) is 12.8 Å². The van der Waals surface area contributed by atoms with Gasteiger partial charge in [-0.25, -0.2) is 13.9 Å². The van der Waals surface area contributed by atoms with Gasteiger partial charge in [-0.05, 0) is 37.8 Å². The van der Waals surface area contributed by atoms with Crippen molar-refractivity contribution in [3.8, 4) is 5.69 Å². The summed E-state index contributed by atoms with van der Waals surface area (Å²) < 4.78 is 14.7. The van der Waals surface area contributed by atoms with Crippen LogP contribution in [0.4, 0.5) is 4.39 Å². The third kappa shape index (κ3) is 2.24. The van der Waals surface area contributed by atoms with Gasteiger partial charge in [-0.15, -0.1) is 0 Å². The maximum atomic E-state index is 13.8. The van der Waals surface area contributed by atoms with Crippen LogP contribution in [0.1, 0.15) is 34.3 Å². The molecule has 0 saturated carbocycles. The van der Waals surface area contributed by atoms with Crippen LogP contribution in [0.25, 0.3) is 5.69 Å². The van der Waals surface area contributed by atoms with Crippen LogP contribution < -0.4 is 11.1 Å². The summed E-state index contributed by atoms with van der Waals surface area (Å²) >= 11 is 0. The molecule has 0 radical (unpaired) electrons. The van der Waals surface area contributed by atoms with E-state index in [0.717, 1.165) is 29.7 Å². The molecule has 22 heavy (non-hydrogen) atoms. The van der Waals surface area contributed by atoms with E-state index in [9.17, 15) is 18.8 Å². The molecule has 2 N–H and O–H groups in total. The van der Waals surface area contributed by atoms with Gasteiger partial charge >= 0.3 is 5.97 Å². The lowest BCUT2D eigenvalue weighted by Gasteiger charge is -2.16. The summed E-state index contributed by atoms with van der Waals surface area (Å²) in [6, 6.07) is 3.28. The Hall–Kier alpha value is -2.70. The minimum Gasteiger partial charge on any atom is -0.478 e. The Labute approximate surface area is 123 Å². The average molecular weight is 304 g/mol. The highest BCUT2D eigenvalue weighted by molar-refractivity contribution is 5.88. The van der Waals surface area contributed by atoms with E-state index in [1.165, 1.54) is 6.07 Å². The summed E-state index contributed by atoms with van der Waals surface area (Å²) in [6.07, 6.45) is 2.78. The van der Waals surface area contributed by atoms with Gasteiger partial charge in [0.05, 0.1) is 11.3 Å². The van der Waals surface area contributed by atoms with Crippen LogP contribution in [0.15, 0.2) is 27.8 Å².